The van der Waals surface area contributed by atoms with Gasteiger partial charge in [0, 0.05) is 37.3 Å². The zero-order valence-electron chi connectivity index (χ0n) is 12.4. The highest BCUT2D eigenvalue weighted by Gasteiger charge is 2.28. The summed E-state index contributed by atoms with van der Waals surface area (Å²) in [7, 11) is 2.16. The summed E-state index contributed by atoms with van der Waals surface area (Å²) < 4.78 is 0. The van der Waals surface area contributed by atoms with Gasteiger partial charge >= 0.3 is 0 Å². The van der Waals surface area contributed by atoms with Crippen molar-refractivity contribution in [2.45, 2.75) is 38.9 Å². The third-order valence-electron chi connectivity index (χ3n) is 4.30. The standard InChI is InChI=1S/C15H23N3O2/c1-11-10-17(3)12(2)7-15(11)16-9-13-5-4-6-14(8-13)18(19)20/h4-6,8,11-12,15-16H,7,9-10H2,1-3H3. The van der Waals surface area contributed by atoms with Crippen LogP contribution in [0.25, 0.3) is 0 Å². The van der Waals surface area contributed by atoms with Crippen LogP contribution in [0.4, 0.5) is 5.69 Å². The minimum atomic E-state index is -0.343. The number of likely N-dealkylation sites (tertiary alicyclic amines) is 1. The largest absolute Gasteiger partial charge is 0.310 e. The smallest absolute Gasteiger partial charge is 0.269 e. The molecule has 2 rings (SSSR count). The highest BCUT2D eigenvalue weighted by Crippen LogP contribution is 2.21. The molecule has 3 atom stereocenters. The van der Waals surface area contributed by atoms with E-state index in [4.69, 9.17) is 0 Å². The quantitative estimate of drug-likeness (QED) is 0.678. The molecule has 0 amide bonds. The van der Waals surface area contributed by atoms with Crippen molar-refractivity contribution in [3.63, 3.8) is 0 Å². The van der Waals surface area contributed by atoms with Crippen molar-refractivity contribution in [1.82, 2.24) is 10.2 Å². The number of non-ortho nitro benzene ring substituents is 1. The second-order valence-corrected chi connectivity index (χ2v) is 5.92. The van der Waals surface area contributed by atoms with Gasteiger partial charge in [-0.05, 0) is 31.9 Å². The molecule has 110 valence electrons. The molecular formula is C15H23N3O2. The Morgan fingerprint density at radius 1 is 1.45 bits per heavy atom. The molecule has 1 aromatic rings. The van der Waals surface area contributed by atoms with Gasteiger partial charge in [0.2, 0.25) is 0 Å². The lowest BCUT2D eigenvalue weighted by Gasteiger charge is -2.40. The Bertz CT molecular complexity index is 478. The molecule has 0 bridgehead atoms. The van der Waals surface area contributed by atoms with E-state index in [1.165, 1.54) is 6.07 Å². The average molecular weight is 277 g/mol. The normalized spacial score (nSPS) is 27.4. The van der Waals surface area contributed by atoms with Crippen molar-refractivity contribution in [2.75, 3.05) is 13.6 Å². The fourth-order valence-electron chi connectivity index (χ4n) is 2.85. The Morgan fingerprint density at radius 3 is 2.90 bits per heavy atom. The van der Waals surface area contributed by atoms with Crippen LogP contribution < -0.4 is 5.32 Å². The van der Waals surface area contributed by atoms with Crippen molar-refractivity contribution >= 4 is 5.69 Å². The molecular weight excluding hydrogens is 254 g/mol. The molecule has 0 aliphatic carbocycles. The molecule has 0 aromatic heterocycles. The zero-order valence-corrected chi connectivity index (χ0v) is 12.4. The van der Waals surface area contributed by atoms with Crippen molar-refractivity contribution in [3.8, 4) is 0 Å². The van der Waals surface area contributed by atoms with Crippen LogP contribution in [0.2, 0.25) is 0 Å². The number of nitro benzene ring substituents is 1. The molecule has 20 heavy (non-hydrogen) atoms. The Kier molecular flexibility index (Phi) is 4.73. The van der Waals surface area contributed by atoms with Crippen LogP contribution in [0.15, 0.2) is 24.3 Å². The lowest BCUT2D eigenvalue weighted by Crippen LogP contribution is -2.50. The first-order valence-corrected chi connectivity index (χ1v) is 7.14. The molecule has 5 nitrogen and oxygen atoms in total. The van der Waals surface area contributed by atoms with Crippen molar-refractivity contribution < 1.29 is 4.92 Å². The van der Waals surface area contributed by atoms with Crippen LogP contribution in [0, 0.1) is 16.0 Å². The zero-order chi connectivity index (χ0) is 14.7. The highest BCUT2D eigenvalue weighted by atomic mass is 16.6. The van der Waals surface area contributed by atoms with Gasteiger partial charge in [-0.2, -0.15) is 0 Å². The second kappa shape index (κ2) is 6.33. The maximum atomic E-state index is 10.8. The SMILES string of the molecule is CC1CN(C)C(C)CC1NCc1cccc([N+](=O)[O-])c1. The lowest BCUT2D eigenvalue weighted by atomic mass is 9.89. The maximum Gasteiger partial charge on any atom is 0.269 e. The molecule has 0 spiro atoms. The van der Waals surface area contributed by atoms with Gasteiger partial charge in [-0.15, -0.1) is 0 Å². The summed E-state index contributed by atoms with van der Waals surface area (Å²) in [6.07, 6.45) is 1.12. The molecule has 3 unspecified atom stereocenters. The molecule has 0 saturated carbocycles. The van der Waals surface area contributed by atoms with Gasteiger partial charge in [-0.1, -0.05) is 19.1 Å². The summed E-state index contributed by atoms with van der Waals surface area (Å²) in [6, 6.07) is 7.91. The molecule has 1 fully saturated rings. The number of rotatable bonds is 4. The van der Waals surface area contributed by atoms with E-state index in [0.29, 0.717) is 24.5 Å². The fraction of sp³-hybridized carbons (Fsp3) is 0.600. The maximum absolute atomic E-state index is 10.8. The van der Waals surface area contributed by atoms with E-state index in [2.05, 4.69) is 31.1 Å². The summed E-state index contributed by atoms with van der Waals surface area (Å²) in [5.74, 6) is 0.592. The summed E-state index contributed by atoms with van der Waals surface area (Å²) >= 11 is 0. The Morgan fingerprint density at radius 2 is 2.20 bits per heavy atom. The fourth-order valence-corrected chi connectivity index (χ4v) is 2.85. The van der Waals surface area contributed by atoms with E-state index in [9.17, 15) is 10.1 Å². The van der Waals surface area contributed by atoms with Crippen molar-refractivity contribution in [2.24, 2.45) is 5.92 Å². The van der Waals surface area contributed by atoms with Gasteiger partial charge in [0.25, 0.3) is 5.69 Å². The van der Waals surface area contributed by atoms with Crippen LogP contribution >= 0.6 is 0 Å². The van der Waals surface area contributed by atoms with Crippen LogP contribution in [0.1, 0.15) is 25.8 Å². The first-order valence-electron chi connectivity index (χ1n) is 7.14. The van der Waals surface area contributed by atoms with Gasteiger partial charge in [-0.3, -0.25) is 10.1 Å². The predicted octanol–water partition coefficient (Wildman–Crippen LogP) is 2.41. The first kappa shape index (κ1) is 14.9. The van der Waals surface area contributed by atoms with E-state index in [1.54, 1.807) is 12.1 Å². The average Bonchev–Trinajstić information content (AvgIpc) is 2.41. The number of hydrogen-bond donors (Lipinski definition) is 1. The minimum Gasteiger partial charge on any atom is -0.310 e. The molecule has 1 saturated heterocycles. The molecule has 1 aliphatic rings. The van der Waals surface area contributed by atoms with Gasteiger partial charge in [0.15, 0.2) is 0 Å². The topological polar surface area (TPSA) is 58.4 Å². The monoisotopic (exact) mass is 277 g/mol. The van der Waals surface area contributed by atoms with Crippen molar-refractivity contribution in [3.05, 3.63) is 39.9 Å². The Balaban J connectivity index is 1.95. The van der Waals surface area contributed by atoms with Crippen molar-refractivity contribution in [1.29, 1.82) is 0 Å². The molecule has 1 N–H and O–H groups in total. The van der Waals surface area contributed by atoms with Gasteiger partial charge in [-0.25, -0.2) is 0 Å². The van der Waals surface area contributed by atoms with E-state index in [-0.39, 0.29) is 10.6 Å². The second-order valence-electron chi connectivity index (χ2n) is 5.92. The van der Waals surface area contributed by atoms with Gasteiger partial charge in [0.1, 0.15) is 0 Å². The molecule has 0 radical (unpaired) electrons. The summed E-state index contributed by atoms with van der Waals surface area (Å²) in [4.78, 5) is 12.8. The van der Waals surface area contributed by atoms with Crippen LogP contribution in [0.3, 0.4) is 0 Å². The lowest BCUT2D eigenvalue weighted by molar-refractivity contribution is -0.384. The van der Waals surface area contributed by atoms with Crippen LogP contribution in [0.5, 0.6) is 0 Å². The third-order valence-corrected chi connectivity index (χ3v) is 4.30. The number of nitro groups is 1. The van der Waals surface area contributed by atoms with E-state index >= 15 is 0 Å². The van der Waals surface area contributed by atoms with E-state index in [1.807, 2.05) is 6.07 Å². The number of hydrogen-bond acceptors (Lipinski definition) is 4. The van der Waals surface area contributed by atoms with E-state index < -0.39 is 0 Å². The molecule has 1 aromatic carbocycles. The molecule has 1 heterocycles. The number of nitrogens with zero attached hydrogens (tertiary/aromatic N) is 2. The van der Waals surface area contributed by atoms with Crippen LogP contribution in [-0.4, -0.2) is 35.5 Å². The number of benzene rings is 1. The summed E-state index contributed by atoms with van der Waals surface area (Å²) in [5, 5.41) is 14.3. The highest BCUT2D eigenvalue weighted by molar-refractivity contribution is 5.34. The third kappa shape index (κ3) is 3.55. The van der Waals surface area contributed by atoms with E-state index in [0.717, 1.165) is 18.5 Å². The first-order chi connectivity index (χ1) is 9.47. The number of piperidine rings is 1. The minimum absolute atomic E-state index is 0.161. The summed E-state index contributed by atoms with van der Waals surface area (Å²) in [5.41, 5.74) is 1.13. The number of nitrogens with one attached hydrogen (secondary N) is 1. The summed E-state index contributed by atoms with van der Waals surface area (Å²) in [6.45, 7) is 6.28. The van der Waals surface area contributed by atoms with Gasteiger partial charge < -0.3 is 10.2 Å². The molecule has 1 aliphatic heterocycles. The van der Waals surface area contributed by atoms with Gasteiger partial charge in [0.05, 0.1) is 4.92 Å². The Hall–Kier alpha value is -1.46. The van der Waals surface area contributed by atoms with Crippen LogP contribution in [-0.2, 0) is 6.54 Å². The predicted molar refractivity (Wildman–Crippen MR) is 79.6 cm³/mol. The Labute approximate surface area is 120 Å². The molecule has 5 heteroatoms.